The highest BCUT2D eigenvalue weighted by molar-refractivity contribution is 8.01. The highest BCUT2D eigenvalue weighted by atomic mass is 35.5. The number of hydrogen-bond acceptors (Lipinski definition) is 4. The maximum Gasteiger partial charge on any atom is 0.355 e. The second-order valence-electron chi connectivity index (χ2n) is 6.64. The topological polar surface area (TPSA) is 62.4 Å². The number of hydrogen-bond donors (Lipinski definition) is 1. The Morgan fingerprint density at radius 2 is 1.86 bits per heavy atom. The Morgan fingerprint density at radius 3 is 2.55 bits per heavy atom. The highest BCUT2D eigenvalue weighted by Gasteiger charge is 2.42. The molecule has 0 aliphatic carbocycles. The molecule has 1 aliphatic heterocycles. The fourth-order valence-electron chi connectivity index (χ4n) is 3.49. The first-order valence-corrected chi connectivity index (χ1v) is 10.8. The third kappa shape index (κ3) is 3.61. The van der Waals surface area contributed by atoms with E-state index in [4.69, 9.17) is 27.9 Å². The van der Waals surface area contributed by atoms with E-state index in [-0.39, 0.29) is 17.8 Å². The van der Waals surface area contributed by atoms with Crippen LogP contribution in [0.1, 0.15) is 35.3 Å². The number of amides is 1. The van der Waals surface area contributed by atoms with Crippen LogP contribution in [0, 0.1) is 0 Å². The lowest BCUT2D eigenvalue weighted by Crippen LogP contribution is -2.30. The lowest BCUT2D eigenvalue weighted by Gasteiger charge is -2.24. The van der Waals surface area contributed by atoms with Crippen molar-refractivity contribution in [2.45, 2.75) is 24.5 Å². The lowest BCUT2D eigenvalue weighted by atomic mass is 10.1. The van der Waals surface area contributed by atoms with Gasteiger partial charge in [-0.25, -0.2) is 4.79 Å². The molecule has 5 nitrogen and oxygen atoms in total. The number of benzene rings is 2. The Kier molecular flexibility index (Phi) is 5.51. The first kappa shape index (κ1) is 20.1. The zero-order valence-corrected chi connectivity index (χ0v) is 18.1. The Hall–Kier alpha value is -2.15. The van der Waals surface area contributed by atoms with E-state index in [1.54, 1.807) is 48.2 Å². The average Bonchev–Trinajstić information content (AvgIpc) is 3.20. The van der Waals surface area contributed by atoms with E-state index >= 15 is 0 Å². The summed E-state index contributed by atoms with van der Waals surface area (Å²) in [6, 6.07) is 12.5. The number of aromatic nitrogens is 1. The molecule has 0 saturated carbocycles. The third-order valence-electron chi connectivity index (χ3n) is 4.78. The monoisotopic (exact) mass is 448 g/mol. The molecule has 2 aromatic carbocycles. The van der Waals surface area contributed by atoms with Crippen molar-refractivity contribution in [3.05, 3.63) is 63.8 Å². The lowest BCUT2D eigenvalue weighted by molar-refractivity contribution is -0.117. The smallest absolute Gasteiger partial charge is 0.355 e. The van der Waals surface area contributed by atoms with Crippen LogP contribution in [0.3, 0.4) is 0 Å². The molecular weight excluding hydrogens is 431 g/mol. The maximum atomic E-state index is 13.0. The van der Waals surface area contributed by atoms with Crippen LogP contribution in [-0.4, -0.2) is 28.7 Å². The van der Waals surface area contributed by atoms with Crippen LogP contribution in [0.2, 0.25) is 10.0 Å². The Morgan fingerprint density at radius 1 is 1.17 bits per heavy atom. The van der Waals surface area contributed by atoms with Crippen LogP contribution < -0.4 is 4.90 Å². The molecule has 150 valence electrons. The van der Waals surface area contributed by atoms with Gasteiger partial charge in [0.2, 0.25) is 5.91 Å². The predicted octanol–water partition coefficient (Wildman–Crippen LogP) is 5.82. The van der Waals surface area contributed by atoms with Crippen molar-refractivity contribution in [2.24, 2.45) is 0 Å². The number of esters is 1. The summed E-state index contributed by atoms with van der Waals surface area (Å²) >= 11 is 13.8. The molecule has 0 spiro atoms. The average molecular weight is 449 g/mol. The van der Waals surface area contributed by atoms with Gasteiger partial charge < -0.3 is 9.72 Å². The molecule has 1 aromatic heterocycles. The van der Waals surface area contributed by atoms with Gasteiger partial charge in [-0.2, -0.15) is 0 Å². The normalized spacial score (nSPS) is 19.2. The number of H-pyrrole nitrogens is 1. The number of halogens is 2. The van der Waals surface area contributed by atoms with Crippen molar-refractivity contribution >= 4 is 63.4 Å². The molecule has 4 rings (SSSR count). The standard InChI is InChI=1S/C21H18Cl2N2O3S/c1-3-28-21(27)18-17(15-10-13(23)6-9-16(15)24-18)20-25(19(26)11(2)29-20)14-7-4-12(22)5-8-14/h4-11,20,24H,3H2,1-2H3. The molecule has 1 fully saturated rings. The summed E-state index contributed by atoms with van der Waals surface area (Å²) in [5, 5.41) is 1.25. The number of rotatable bonds is 4. The molecule has 1 aliphatic rings. The van der Waals surface area contributed by atoms with E-state index in [0.29, 0.717) is 27.0 Å². The molecular formula is C21H18Cl2N2O3S. The highest BCUT2D eigenvalue weighted by Crippen LogP contribution is 2.49. The number of fused-ring (bicyclic) bond motifs is 1. The summed E-state index contributed by atoms with van der Waals surface area (Å²) in [7, 11) is 0. The van der Waals surface area contributed by atoms with Gasteiger partial charge in [-0.3, -0.25) is 9.69 Å². The van der Waals surface area contributed by atoms with Crippen LogP contribution in [-0.2, 0) is 9.53 Å². The summed E-state index contributed by atoms with van der Waals surface area (Å²) in [6.07, 6.45) is 0. The fraction of sp³-hybridized carbons (Fsp3) is 0.238. The summed E-state index contributed by atoms with van der Waals surface area (Å²) < 4.78 is 5.26. The number of nitrogens with zero attached hydrogens (tertiary/aromatic N) is 1. The molecule has 1 saturated heterocycles. The molecule has 0 bridgehead atoms. The first-order chi connectivity index (χ1) is 13.9. The zero-order chi connectivity index (χ0) is 20.7. The van der Waals surface area contributed by atoms with E-state index in [2.05, 4.69) is 4.98 Å². The van der Waals surface area contributed by atoms with Gasteiger partial charge >= 0.3 is 5.97 Å². The fourth-order valence-corrected chi connectivity index (χ4v) is 5.13. The molecule has 3 aromatic rings. The van der Waals surface area contributed by atoms with Gasteiger partial charge in [0.05, 0.1) is 11.9 Å². The van der Waals surface area contributed by atoms with Crippen LogP contribution in [0.4, 0.5) is 5.69 Å². The molecule has 29 heavy (non-hydrogen) atoms. The van der Waals surface area contributed by atoms with Gasteiger partial charge in [-0.15, -0.1) is 11.8 Å². The summed E-state index contributed by atoms with van der Waals surface area (Å²) in [5.41, 5.74) is 2.50. The number of carbonyl (C=O) groups excluding carboxylic acids is 2. The number of ether oxygens (including phenoxy) is 1. The van der Waals surface area contributed by atoms with Gasteiger partial charge in [0.25, 0.3) is 0 Å². The third-order valence-corrected chi connectivity index (χ3v) is 6.59. The van der Waals surface area contributed by atoms with E-state index in [1.807, 2.05) is 13.0 Å². The van der Waals surface area contributed by atoms with Gasteiger partial charge in [0, 0.05) is 32.2 Å². The van der Waals surface area contributed by atoms with Gasteiger partial charge in [-0.1, -0.05) is 23.2 Å². The molecule has 0 radical (unpaired) electrons. The van der Waals surface area contributed by atoms with Crippen molar-refractivity contribution in [1.29, 1.82) is 0 Å². The number of aromatic amines is 1. The Bertz CT molecular complexity index is 1100. The Balaban J connectivity index is 1.92. The van der Waals surface area contributed by atoms with Crippen molar-refractivity contribution < 1.29 is 14.3 Å². The largest absolute Gasteiger partial charge is 0.461 e. The molecule has 2 atom stereocenters. The second kappa shape index (κ2) is 7.94. The van der Waals surface area contributed by atoms with Crippen LogP contribution in [0.15, 0.2) is 42.5 Å². The van der Waals surface area contributed by atoms with Crippen LogP contribution in [0.5, 0.6) is 0 Å². The molecule has 1 amide bonds. The summed E-state index contributed by atoms with van der Waals surface area (Å²) in [6.45, 7) is 3.87. The van der Waals surface area contributed by atoms with Crippen molar-refractivity contribution in [2.75, 3.05) is 11.5 Å². The van der Waals surface area contributed by atoms with Gasteiger partial charge in [-0.05, 0) is 56.3 Å². The van der Waals surface area contributed by atoms with E-state index < -0.39 is 11.3 Å². The van der Waals surface area contributed by atoms with E-state index in [0.717, 1.165) is 10.9 Å². The summed E-state index contributed by atoms with van der Waals surface area (Å²) in [4.78, 5) is 30.6. The minimum atomic E-state index is -0.460. The number of nitrogens with one attached hydrogen (secondary N) is 1. The molecule has 1 N–H and O–H groups in total. The number of carbonyl (C=O) groups is 2. The van der Waals surface area contributed by atoms with Gasteiger partial charge in [0.1, 0.15) is 11.1 Å². The molecule has 2 unspecified atom stereocenters. The van der Waals surface area contributed by atoms with E-state index in [1.165, 1.54) is 11.8 Å². The summed E-state index contributed by atoms with van der Waals surface area (Å²) in [5.74, 6) is -0.494. The van der Waals surface area contributed by atoms with Crippen molar-refractivity contribution in [3.63, 3.8) is 0 Å². The number of anilines is 1. The molecule has 8 heteroatoms. The second-order valence-corrected chi connectivity index (χ2v) is 8.94. The SMILES string of the molecule is CCOC(=O)c1[nH]c2ccc(Cl)cc2c1C1SC(C)C(=O)N1c1ccc(Cl)cc1. The quantitative estimate of drug-likeness (QED) is 0.510. The van der Waals surface area contributed by atoms with Crippen molar-refractivity contribution in [3.8, 4) is 0 Å². The van der Waals surface area contributed by atoms with E-state index in [9.17, 15) is 9.59 Å². The predicted molar refractivity (Wildman–Crippen MR) is 118 cm³/mol. The van der Waals surface area contributed by atoms with Crippen LogP contribution >= 0.6 is 35.0 Å². The minimum absolute atomic E-state index is 0.0338. The molecule has 2 heterocycles. The first-order valence-electron chi connectivity index (χ1n) is 9.13. The number of thioether (sulfide) groups is 1. The Labute approximate surface area is 182 Å². The zero-order valence-electron chi connectivity index (χ0n) is 15.7. The van der Waals surface area contributed by atoms with Crippen molar-refractivity contribution in [1.82, 2.24) is 4.98 Å². The minimum Gasteiger partial charge on any atom is -0.461 e. The van der Waals surface area contributed by atoms with Gasteiger partial charge in [0.15, 0.2) is 0 Å². The van der Waals surface area contributed by atoms with Crippen LogP contribution in [0.25, 0.3) is 10.9 Å². The maximum absolute atomic E-state index is 13.0.